The molecule has 0 aromatic heterocycles. The molecule has 1 saturated heterocycles. The second-order valence-corrected chi connectivity index (χ2v) is 8.54. The molecule has 1 heterocycles. The number of likely N-dealkylation sites (tertiary alicyclic amines) is 1. The molecule has 0 saturated carbocycles. The molecular weight excluding hydrogens is 380 g/mol. The number of hydrogen-bond donors (Lipinski definition) is 2. The molecule has 0 bridgehead atoms. The number of nitrogens with zero attached hydrogens (tertiary/aromatic N) is 2. The molecule has 0 amide bonds. The van der Waals surface area contributed by atoms with Gasteiger partial charge in [-0.1, -0.05) is 21.7 Å². The third kappa shape index (κ3) is 5.39. The first-order valence-electron chi connectivity index (χ1n) is 9.35. The average Bonchev–Trinajstić information content (AvgIpc) is 3.30. The number of ether oxygens (including phenoxy) is 1. The van der Waals surface area contributed by atoms with Gasteiger partial charge in [-0.05, 0) is 74.2 Å². The van der Waals surface area contributed by atoms with Crippen molar-refractivity contribution in [3.05, 3.63) is 58.6 Å². The van der Waals surface area contributed by atoms with Crippen LogP contribution in [0, 0.1) is 0 Å². The lowest BCUT2D eigenvalue weighted by molar-refractivity contribution is 0.0541. The summed E-state index contributed by atoms with van der Waals surface area (Å²) in [7, 11) is 3.16. The van der Waals surface area contributed by atoms with Crippen LogP contribution in [0.5, 0.6) is 5.75 Å². The summed E-state index contributed by atoms with van der Waals surface area (Å²) in [5.41, 5.74) is 3.68. The summed E-state index contributed by atoms with van der Waals surface area (Å²) in [6.07, 6.45) is 5.20. The fourth-order valence-corrected chi connectivity index (χ4v) is 4.12. The number of hydroxylamine groups is 1. The maximum Gasteiger partial charge on any atom is 0.176 e. The summed E-state index contributed by atoms with van der Waals surface area (Å²) >= 11 is 9.98. The number of methoxy groups -OCH3 is 1. The quantitative estimate of drug-likeness (QED) is 0.436. The number of quaternary nitrogens is 1. The number of thiol groups is 1. The van der Waals surface area contributed by atoms with Crippen LogP contribution >= 0.6 is 24.4 Å². The van der Waals surface area contributed by atoms with Gasteiger partial charge in [0.15, 0.2) is 5.69 Å². The van der Waals surface area contributed by atoms with E-state index in [0.29, 0.717) is 5.69 Å². The van der Waals surface area contributed by atoms with Crippen molar-refractivity contribution in [2.24, 2.45) is 0 Å². The van der Waals surface area contributed by atoms with Gasteiger partial charge in [0.05, 0.1) is 19.9 Å². The highest BCUT2D eigenvalue weighted by molar-refractivity contribution is 7.79. The second-order valence-electron chi connectivity index (χ2n) is 7.33. The molecule has 2 unspecified atom stereocenters. The van der Waals surface area contributed by atoms with E-state index in [1.807, 2.05) is 6.07 Å². The molecule has 2 aromatic carbocycles. The van der Waals surface area contributed by atoms with Gasteiger partial charge < -0.3 is 4.74 Å². The van der Waals surface area contributed by atoms with Crippen LogP contribution < -0.4 is 8.79 Å². The van der Waals surface area contributed by atoms with Crippen molar-refractivity contribution >= 4 is 30.1 Å². The summed E-state index contributed by atoms with van der Waals surface area (Å²) in [5.74, 6) is 0.764. The van der Waals surface area contributed by atoms with Gasteiger partial charge in [0.1, 0.15) is 12.8 Å². The first-order valence-corrected chi connectivity index (χ1v) is 10.1. The van der Waals surface area contributed by atoms with Gasteiger partial charge >= 0.3 is 0 Å². The van der Waals surface area contributed by atoms with Gasteiger partial charge in [-0.15, -0.1) is 0 Å². The van der Waals surface area contributed by atoms with Gasteiger partial charge in [-0.3, -0.25) is 4.90 Å². The highest BCUT2D eigenvalue weighted by atomic mass is 35.5. The molecule has 1 N–H and O–H groups in total. The van der Waals surface area contributed by atoms with E-state index in [1.54, 1.807) is 38.4 Å². The minimum Gasteiger partial charge on any atom is -0.497 e. The van der Waals surface area contributed by atoms with Gasteiger partial charge in [-0.25, -0.2) is 0 Å². The van der Waals surface area contributed by atoms with Crippen LogP contribution in [0.3, 0.4) is 0 Å². The minimum absolute atomic E-state index is 0.468. The molecule has 2 atom stereocenters. The van der Waals surface area contributed by atoms with Crippen molar-refractivity contribution in [1.29, 1.82) is 0 Å². The number of fused-ring (bicyclic) bond motifs is 1. The Bertz CT molecular complexity index is 756. The number of halogens is 1. The summed E-state index contributed by atoms with van der Waals surface area (Å²) in [4.78, 5) is 2.65. The van der Waals surface area contributed by atoms with E-state index in [1.165, 1.54) is 49.9 Å². The van der Waals surface area contributed by atoms with E-state index in [9.17, 15) is 5.21 Å². The first-order chi connectivity index (χ1) is 12.9. The van der Waals surface area contributed by atoms with Crippen molar-refractivity contribution in [2.45, 2.75) is 31.7 Å². The Kier molecular flexibility index (Phi) is 6.71. The zero-order chi connectivity index (χ0) is 19.4. The van der Waals surface area contributed by atoms with Crippen molar-refractivity contribution in [3.8, 4) is 5.75 Å². The fraction of sp³-hybridized carbons (Fsp3) is 0.429. The summed E-state index contributed by atoms with van der Waals surface area (Å²) in [5, 5.41) is 10.3. The molecule has 4 nitrogen and oxygen atoms in total. The largest absolute Gasteiger partial charge is 0.497 e. The third-order valence-electron chi connectivity index (χ3n) is 5.30. The Morgan fingerprint density at radius 3 is 2.30 bits per heavy atom. The van der Waals surface area contributed by atoms with E-state index >= 15 is 0 Å². The molecule has 1 fully saturated rings. The van der Waals surface area contributed by atoms with Gasteiger partial charge in [0.25, 0.3) is 0 Å². The van der Waals surface area contributed by atoms with Gasteiger partial charge in [0, 0.05) is 23.2 Å². The van der Waals surface area contributed by atoms with Crippen molar-refractivity contribution in [3.63, 3.8) is 0 Å². The van der Waals surface area contributed by atoms with Gasteiger partial charge in [0.2, 0.25) is 0 Å². The molecule has 146 valence electrons. The maximum absolute atomic E-state index is 9.41. The molecule has 6 heteroatoms. The first kappa shape index (κ1) is 20.5. The lowest BCUT2D eigenvalue weighted by Gasteiger charge is -2.22. The number of rotatable bonds is 3. The SMILES string of the molecule is COc1ccc([N+](C)(O)S)cc1.Clc1ccc2c(c1)CC(N1CCCC1)C2. The van der Waals surface area contributed by atoms with Crippen LogP contribution in [0.4, 0.5) is 5.69 Å². The average molecular weight is 408 g/mol. The van der Waals surface area contributed by atoms with E-state index in [4.69, 9.17) is 16.3 Å². The fourth-order valence-electron chi connectivity index (χ4n) is 3.79. The van der Waals surface area contributed by atoms with E-state index in [0.717, 1.165) is 16.8 Å². The van der Waals surface area contributed by atoms with Crippen LogP contribution in [0.1, 0.15) is 24.0 Å². The van der Waals surface area contributed by atoms with Crippen LogP contribution in [0.25, 0.3) is 0 Å². The van der Waals surface area contributed by atoms with Crippen LogP contribution in [0.15, 0.2) is 42.5 Å². The Morgan fingerprint density at radius 2 is 1.70 bits per heavy atom. The molecule has 2 aliphatic rings. The Labute approximate surface area is 172 Å². The maximum atomic E-state index is 9.41. The molecule has 1 aliphatic heterocycles. The van der Waals surface area contributed by atoms with Crippen LogP contribution in [-0.2, 0) is 12.8 Å². The van der Waals surface area contributed by atoms with Crippen LogP contribution in [0.2, 0.25) is 5.02 Å². The predicted octanol–water partition coefficient (Wildman–Crippen LogP) is 4.77. The minimum atomic E-state index is -0.468. The lowest BCUT2D eigenvalue weighted by Crippen LogP contribution is -2.33. The zero-order valence-electron chi connectivity index (χ0n) is 15.9. The normalized spacial score (nSPS) is 21.1. The van der Waals surface area contributed by atoms with Crippen molar-refractivity contribution < 1.29 is 9.94 Å². The highest BCUT2D eigenvalue weighted by Crippen LogP contribution is 2.29. The van der Waals surface area contributed by atoms with E-state index in [2.05, 4.69) is 29.8 Å². The summed E-state index contributed by atoms with van der Waals surface area (Å²) in [6, 6.07) is 14.2. The van der Waals surface area contributed by atoms with Crippen molar-refractivity contribution in [2.75, 3.05) is 27.2 Å². The van der Waals surface area contributed by atoms with Crippen LogP contribution in [-0.4, -0.2) is 43.4 Å². The molecule has 0 spiro atoms. The monoisotopic (exact) mass is 407 g/mol. The molecule has 1 aliphatic carbocycles. The Balaban J connectivity index is 0.000000161. The Morgan fingerprint density at radius 1 is 1.07 bits per heavy atom. The summed E-state index contributed by atoms with van der Waals surface area (Å²) < 4.78 is 4.50. The van der Waals surface area contributed by atoms with E-state index in [-0.39, 0.29) is 0 Å². The van der Waals surface area contributed by atoms with E-state index < -0.39 is 4.05 Å². The number of benzene rings is 2. The molecular formula is C21H28ClN2O2S+. The highest BCUT2D eigenvalue weighted by Gasteiger charge is 2.28. The smallest absolute Gasteiger partial charge is 0.176 e. The summed E-state index contributed by atoms with van der Waals surface area (Å²) in [6.45, 7) is 2.60. The standard InChI is InChI=1S/C13H16ClN.C8H12NO2S/c14-12-4-3-10-8-13(9-11(10)7-12)15-5-1-2-6-15;1-9(10,12)7-3-5-8(11-2)6-4-7/h3-4,7,13H,1-2,5-6,8-9H2;3-6,10,12H,1-2H3/q;+1. The Hall–Kier alpha value is -1.24. The third-order valence-corrected chi connectivity index (χ3v) is 5.76. The predicted molar refractivity (Wildman–Crippen MR) is 115 cm³/mol. The molecule has 4 rings (SSSR count). The molecule has 27 heavy (non-hydrogen) atoms. The molecule has 2 aromatic rings. The zero-order valence-corrected chi connectivity index (χ0v) is 17.6. The van der Waals surface area contributed by atoms with Crippen molar-refractivity contribution in [1.82, 2.24) is 8.95 Å². The lowest BCUT2D eigenvalue weighted by atomic mass is 10.1. The number of hydrogen-bond acceptors (Lipinski definition) is 4. The second kappa shape index (κ2) is 8.84. The molecule has 0 radical (unpaired) electrons. The topological polar surface area (TPSA) is 32.7 Å². The van der Waals surface area contributed by atoms with Gasteiger partial charge in [-0.2, -0.15) is 5.21 Å².